The Hall–Kier alpha value is -2.26. The van der Waals surface area contributed by atoms with E-state index in [4.69, 9.17) is 4.74 Å². The third-order valence-corrected chi connectivity index (χ3v) is 10.1. The fourth-order valence-corrected chi connectivity index (χ4v) is 6.99. The van der Waals surface area contributed by atoms with E-state index in [1.807, 2.05) is 6.92 Å². The first-order valence-electron chi connectivity index (χ1n) is 12.3. The average molecular weight is 554 g/mol. The minimum Gasteiger partial charge on any atom is -0.377 e. The SMILES string of the molecule is COC1(CN2CCN(c3cc(S(=O)(=O)NC4(C)CC4)cn4c(-c5nnc(C(F)F)s5)ncc34)CC2)CC1. The highest BCUT2D eigenvalue weighted by molar-refractivity contribution is 7.89. The van der Waals surface area contributed by atoms with Crippen molar-refractivity contribution >= 4 is 32.6 Å². The molecule has 3 aromatic heterocycles. The third-order valence-electron chi connectivity index (χ3n) is 7.57. The topological polar surface area (TPSA) is 105 Å². The van der Waals surface area contributed by atoms with Crippen LogP contribution in [0.4, 0.5) is 14.5 Å². The molecule has 6 rings (SSSR count). The molecule has 2 aliphatic carbocycles. The quantitative estimate of drug-likeness (QED) is 0.431. The van der Waals surface area contributed by atoms with E-state index < -0.39 is 27.0 Å². The first kappa shape index (κ1) is 25.0. The van der Waals surface area contributed by atoms with Crippen LogP contribution in [0.25, 0.3) is 16.3 Å². The molecule has 10 nitrogen and oxygen atoms in total. The van der Waals surface area contributed by atoms with Gasteiger partial charge >= 0.3 is 0 Å². The summed E-state index contributed by atoms with van der Waals surface area (Å²) >= 11 is 0.749. The minimum atomic E-state index is -3.83. The van der Waals surface area contributed by atoms with E-state index in [1.54, 1.807) is 23.8 Å². The van der Waals surface area contributed by atoms with Gasteiger partial charge in [0.1, 0.15) is 4.90 Å². The lowest BCUT2D eigenvalue weighted by molar-refractivity contribution is 0.0418. The van der Waals surface area contributed by atoms with Crippen molar-refractivity contribution < 1.29 is 21.9 Å². The summed E-state index contributed by atoms with van der Waals surface area (Å²) in [4.78, 5) is 9.08. The van der Waals surface area contributed by atoms with Gasteiger partial charge in [0.2, 0.25) is 10.0 Å². The van der Waals surface area contributed by atoms with Crippen molar-refractivity contribution in [3.8, 4) is 10.8 Å². The molecule has 4 heterocycles. The standard InChI is InChI=1S/C23H29F2N7O3S2/c1-22(3-4-22)29-37(33,34)15-11-16(31-9-7-30(8-10-31)14-23(35-2)5-6-23)17-12-26-19(32(17)13-15)21-28-27-20(36-21)18(24)25/h11-13,18,29H,3-10,14H2,1-2H3. The van der Waals surface area contributed by atoms with Crippen LogP contribution in [0.1, 0.15) is 44.0 Å². The second kappa shape index (κ2) is 8.90. The van der Waals surface area contributed by atoms with Crippen LogP contribution in [-0.4, -0.2) is 83.9 Å². The molecular weight excluding hydrogens is 524 g/mol. The van der Waals surface area contributed by atoms with E-state index in [0.29, 0.717) is 18.6 Å². The molecule has 2 saturated carbocycles. The fraction of sp³-hybridized carbons (Fsp3) is 0.609. The Bertz CT molecular complexity index is 1430. The molecule has 1 N–H and O–H groups in total. The Balaban J connectivity index is 1.36. The third kappa shape index (κ3) is 4.85. The number of rotatable bonds is 9. The molecular formula is C23H29F2N7O3S2. The van der Waals surface area contributed by atoms with Gasteiger partial charge in [0, 0.05) is 51.6 Å². The number of nitrogens with zero attached hydrogens (tertiary/aromatic N) is 6. The minimum absolute atomic E-state index is 0.0206. The summed E-state index contributed by atoms with van der Waals surface area (Å²) in [6.45, 7) is 5.83. The van der Waals surface area contributed by atoms with Gasteiger partial charge < -0.3 is 9.64 Å². The molecule has 3 aliphatic rings. The Morgan fingerprint density at radius 2 is 1.89 bits per heavy atom. The number of imidazole rings is 1. The molecule has 0 amide bonds. The summed E-state index contributed by atoms with van der Waals surface area (Å²) in [5.74, 6) is 0.282. The van der Waals surface area contributed by atoms with Crippen molar-refractivity contribution in [2.45, 2.75) is 55.1 Å². The van der Waals surface area contributed by atoms with Gasteiger partial charge in [-0.2, -0.15) is 0 Å². The lowest BCUT2D eigenvalue weighted by Crippen LogP contribution is -2.49. The maximum atomic E-state index is 13.4. The van der Waals surface area contributed by atoms with E-state index in [9.17, 15) is 17.2 Å². The van der Waals surface area contributed by atoms with Gasteiger partial charge in [0.15, 0.2) is 15.8 Å². The summed E-state index contributed by atoms with van der Waals surface area (Å²) in [6, 6.07) is 1.69. The maximum Gasteiger partial charge on any atom is 0.291 e. The van der Waals surface area contributed by atoms with E-state index in [0.717, 1.165) is 62.3 Å². The summed E-state index contributed by atoms with van der Waals surface area (Å²) < 4.78 is 63.2. The summed E-state index contributed by atoms with van der Waals surface area (Å²) in [7, 11) is -2.06. The van der Waals surface area contributed by atoms with Gasteiger partial charge in [-0.15, -0.1) is 10.2 Å². The number of aromatic nitrogens is 4. The number of ether oxygens (including phenoxy) is 1. The highest BCUT2D eigenvalue weighted by Gasteiger charge is 2.45. The predicted octanol–water partition coefficient (Wildman–Crippen LogP) is 2.92. The summed E-state index contributed by atoms with van der Waals surface area (Å²) in [6.07, 6.45) is 4.10. The number of hydrogen-bond donors (Lipinski definition) is 1. The van der Waals surface area contributed by atoms with Crippen molar-refractivity contribution in [3.05, 3.63) is 23.5 Å². The molecule has 1 saturated heterocycles. The largest absolute Gasteiger partial charge is 0.377 e. The molecule has 0 atom stereocenters. The molecule has 0 spiro atoms. The van der Waals surface area contributed by atoms with Crippen molar-refractivity contribution in [1.29, 1.82) is 0 Å². The number of fused-ring (bicyclic) bond motifs is 1. The summed E-state index contributed by atoms with van der Waals surface area (Å²) in [5.41, 5.74) is 0.953. The van der Waals surface area contributed by atoms with E-state index >= 15 is 0 Å². The highest BCUT2D eigenvalue weighted by atomic mass is 32.2. The van der Waals surface area contributed by atoms with Gasteiger partial charge in [-0.1, -0.05) is 11.3 Å². The second-order valence-electron chi connectivity index (χ2n) is 10.5. The van der Waals surface area contributed by atoms with Crippen LogP contribution >= 0.6 is 11.3 Å². The van der Waals surface area contributed by atoms with Crippen molar-refractivity contribution in [2.75, 3.05) is 44.7 Å². The zero-order valence-electron chi connectivity index (χ0n) is 20.7. The lowest BCUT2D eigenvalue weighted by atomic mass is 10.2. The molecule has 0 radical (unpaired) electrons. The first-order valence-corrected chi connectivity index (χ1v) is 14.6. The Morgan fingerprint density at radius 1 is 1.16 bits per heavy atom. The Kier molecular flexibility index (Phi) is 6.02. The van der Waals surface area contributed by atoms with Crippen molar-refractivity contribution in [3.63, 3.8) is 0 Å². The van der Waals surface area contributed by atoms with Crippen LogP contribution in [0.3, 0.4) is 0 Å². The van der Waals surface area contributed by atoms with Gasteiger partial charge in [0.05, 0.1) is 23.0 Å². The average Bonchev–Trinajstić information content (AvgIpc) is 3.66. The normalized spacial score (nSPS) is 21.2. The van der Waals surface area contributed by atoms with Gasteiger partial charge in [0.25, 0.3) is 6.43 Å². The number of alkyl halides is 2. The van der Waals surface area contributed by atoms with E-state index in [2.05, 4.69) is 29.7 Å². The summed E-state index contributed by atoms with van der Waals surface area (Å²) in [5, 5.41) is 7.28. The predicted molar refractivity (Wildman–Crippen MR) is 135 cm³/mol. The zero-order chi connectivity index (χ0) is 26.0. The van der Waals surface area contributed by atoms with Crippen LogP contribution in [0.2, 0.25) is 0 Å². The van der Waals surface area contributed by atoms with Gasteiger partial charge in [-0.25, -0.2) is 26.9 Å². The number of pyridine rings is 1. The van der Waals surface area contributed by atoms with Crippen molar-refractivity contribution in [2.24, 2.45) is 0 Å². The lowest BCUT2D eigenvalue weighted by Gasteiger charge is -2.37. The molecule has 0 unspecified atom stereocenters. The second-order valence-corrected chi connectivity index (χ2v) is 13.2. The van der Waals surface area contributed by atoms with Crippen LogP contribution in [-0.2, 0) is 14.8 Å². The number of methoxy groups -OCH3 is 1. The number of anilines is 1. The first-order chi connectivity index (χ1) is 17.6. The number of sulfonamides is 1. The monoisotopic (exact) mass is 553 g/mol. The van der Waals surface area contributed by atoms with Crippen LogP contribution in [0.5, 0.6) is 0 Å². The number of halogens is 2. The van der Waals surface area contributed by atoms with Crippen molar-refractivity contribution in [1.82, 2.24) is 29.2 Å². The van der Waals surface area contributed by atoms with E-state index in [-0.39, 0.29) is 21.3 Å². The molecule has 200 valence electrons. The highest BCUT2D eigenvalue weighted by Crippen LogP contribution is 2.40. The molecule has 0 aromatic carbocycles. The number of hydrogen-bond acceptors (Lipinski definition) is 9. The zero-order valence-corrected chi connectivity index (χ0v) is 22.3. The molecule has 14 heteroatoms. The maximum absolute atomic E-state index is 13.4. The molecule has 0 bridgehead atoms. The van der Waals surface area contributed by atoms with Gasteiger partial charge in [-0.3, -0.25) is 9.30 Å². The molecule has 1 aliphatic heterocycles. The molecule has 3 fully saturated rings. The van der Waals surface area contributed by atoms with Crippen LogP contribution < -0.4 is 9.62 Å². The van der Waals surface area contributed by atoms with Crippen LogP contribution in [0, 0.1) is 0 Å². The van der Waals surface area contributed by atoms with E-state index in [1.165, 1.54) is 6.20 Å². The number of nitrogens with one attached hydrogen (secondary N) is 1. The Morgan fingerprint density at radius 3 is 2.49 bits per heavy atom. The molecule has 3 aromatic rings. The van der Waals surface area contributed by atoms with Gasteiger partial charge in [-0.05, 0) is 38.7 Å². The number of piperazine rings is 1. The Labute approximate surface area is 217 Å². The smallest absolute Gasteiger partial charge is 0.291 e. The molecule has 37 heavy (non-hydrogen) atoms. The fourth-order valence-electron chi connectivity index (χ4n) is 4.82. The van der Waals surface area contributed by atoms with Crippen LogP contribution in [0.15, 0.2) is 23.4 Å².